The van der Waals surface area contributed by atoms with Gasteiger partial charge in [0.2, 0.25) is 0 Å². The average molecular weight is 833 g/mol. The van der Waals surface area contributed by atoms with Crippen LogP contribution in [0.25, 0.3) is 0 Å². The molecule has 0 N–H and O–H groups in total. The van der Waals surface area contributed by atoms with E-state index in [1.165, 1.54) is 103 Å². The third kappa shape index (κ3) is 21.4. The molecule has 0 aliphatic carbocycles. The monoisotopic (exact) mass is 833 g/mol. The van der Waals surface area contributed by atoms with Gasteiger partial charge in [-0.1, -0.05) is 129 Å². The Morgan fingerprint density at radius 2 is 0.717 bits per heavy atom. The molecule has 0 fully saturated rings. The van der Waals surface area contributed by atoms with Crippen molar-refractivity contribution in [2.24, 2.45) is 9.98 Å². The normalized spacial score (nSPS) is 12.2. The molecule has 2 rings (SSSR count). The van der Waals surface area contributed by atoms with Crippen LogP contribution < -0.4 is 8.97 Å². The molecule has 0 atom stereocenters. The van der Waals surface area contributed by atoms with Gasteiger partial charge in [-0.05, 0) is 100 Å². The second kappa shape index (κ2) is 33.3. The highest BCUT2D eigenvalue weighted by molar-refractivity contribution is 5.82. The molecule has 8 heteroatoms. The summed E-state index contributed by atoms with van der Waals surface area (Å²) in [5, 5.41) is 0. The number of carbonyl (C=O) groups is 2. The SMILES string of the molecule is CCCCCCCCCCCCOC(=O)C[N+](CC)(CC)c1ccc(C=NCCN=Cc2ccc([N+](CC)(CC)CC(=O)OCCCCCCCCCCCC)cc2)cc1. The molecule has 2 aromatic rings. The Hall–Kier alpha value is -3.36. The zero-order valence-electron chi connectivity index (χ0n) is 39.4. The lowest BCUT2D eigenvalue weighted by Gasteiger charge is -2.35. The maximum Gasteiger partial charge on any atom is 0.362 e. The van der Waals surface area contributed by atoms with Crippen molar-refractivity contribution in [2.75, 3.05) is 65.6 Å². The largest absolute Gasteiger partial charge is 0.462 e. The first-order valence-corrected chi connectivity index (χ1v) is 24.6. The summed E-state index contributed by atoms with van der Waals surface area (Å²) in [6.07, 6.45) is 29.2. The summed E-state index contributed by atoms with van der Waals surface area (Å²) < 4.78 is 12.6. The van der Waals surface area contributed by atoms with Gasteiger partial charge in [-0.3, -0.25) is 19.0 Å². The van der Waals surface area contributed by atoms with Crippen LogP contribution in [0.4, 0.5) is 11.4 Å². The Bertz CT molecular complexity index is 1320. The standard InChI is InChI=1S/C52H88N4O4/c1-7-13-15-17-19-21-23-25-27-29-41-59-51(57)45-55(9-3,10-4)49-35-31-47(32-36-49)43-53-39-40-54-44-48-33-37-50(38-34-48)56(11-5,12-6)46-52(58)60-42-30-28-26-24-22-20-18-16-14-8-2/h31-38,43-44H,7-30,39-42,45-46H2,1-6H3/q+2. The molecule has 0 aliphatic heterocycles. The number of benzene rings is 2. The molecule has 60 heavy (non-hydrogen) atoms. The topological polar surface area (TPSA) is 77.3 Å². The van der Waals surface area contributed by atoms with Crippen molar-refractivity contribution in [3.8, 4) is 0 Å². The maximum atomic E-state index is 12.9. The fourth-order valence-electron chi connectivity index (χ4n) is 8.15. The van der Waals surface area contributed by atoms with Gasteiger partial charge in [-0.2, -0.15) is 0 Å². The summed E-state index contributed by atoms with van der Waals surface area (Å²) >= 11 is 0. The van der Waals surface area contributed by atoms with Gasteiger partial charge >= 0.3 is 11.9 Å². The number of hydrogen-bond acceptors (Lipinski definition) is 6. The highest BCUT2D eigenvalue weighted by Crippen LogP contribution is 2.25. The second-order valence-electron chi connectivity index (χ2n) is 16.9. The molecule has 2 aromatic carbocycles. The molecule has 0 spiro atoms. The number of hydrogen-bond donors (Lipinski definition) is 0. The Labute approximate surface area is 367 Å². The molecular weight excluding hydrogens is 745 g/mol. The highest BCUT2D eigenvalue weighted by atomic mass is 16.5. The van der Waals surface area contributed by atoms with Crippen LogP contribution in [-0.2, 0) is 19.1 Å². The number of ether oxygens (including phenoxy) is 2. The van der Waals surface area contributed by atoms with E-state index in [0.717, 1.165) is 74.4 Å². The highest BCUT2D eigenvalue weighted by Gasteiger charge is 2.32. The van der Waals surface area contributed by atoms with E-state index in [-0.39, 0.29) is 11.9 Å². The lowest BCUT2D eigenvalue weighted by Crippen LogP contribution is -2.52. The van der Waals surface area contributed by atoms with Crippen molar-refractivity contribution in [1.29, 1.82) is 0 Å². The van der Waals surface area contributed by atoms with Gasteiger partial charge in [0, 0.05) is 12.4 Å². The van der Waals surface area contributed by atoms with Crippen molar-refractivity contribution in [2.45, 2.75) is 170 Å². The predicted molar refractivity (Wildman–Crippen MR) is 259 cm³/mol. The number of esters is 2. The molecule has 0 aromatic heterocycles. The molecule has 8 nitrogen and oxygen atoms in total. The molecule has 0 radical (unpaired) electrons. The van der Waals surface area contributed by atoms with Crippen LogP contribution in [0.15, 0.2) is 58.5 Å². The summed E-state index contributed by atoms with van der Waals surface area (Å²) in [5.41, 5.74) is 4.31. The minimum Gasteiger partial charge on any atom is -0.462 e. The summed E-state index contributed by atoms with van der Waals surface area (Å²) in [4.78, 5) is 35.1. The summed E-state index contributed by atoms with van der Waals surface area (Å²) in [5.74, 6) is -0.226. The Morgan fingerprint density at radius 1 is 0.433 bits per heavy atom. The van der Waals surface area contributed by atoms with Crippen LogP contribution in [0.2, 0.25) is 0 Å². The maximum absolute atomic E-state index is 12.9. The number of aliphatic imine (C=N–C) groups is 2. The Balaban J connectivity index is 1.74. The van der Waals surface area contributed by atoms with Gasteiger partial charge in [0.05, 0.1) is 52.5 Å². The van der Waals surface area contributed by atoms with Crippen LogP contribution in [0.3, 0.4) is 0 Å². The molecule has 0 saturated carbocycles. The Kier molecular flexibility index (Phi) is 29.3. The van der Waals surface area contributed by atoms with E-state index in [2.05, 4.69) is 100 Å². The smallest absolute Gasteiger partial charge is 0.362 e. The molecular formula is C52H88N4O4+2. The number of likely N-dealkylation sites (N-methyl/N-ethyl adjacent to an activating group) is 2. The number of nitrogens with zero attached hydrogens (tertiary/aromatic N) is 4. The van der Waals surface area contributed by atoms with Gasteiger partial charge < -0.3 is 9.47 Å². The number of unbranched alkanes of at least 4 members (excludes halogenated alkanes) is 18. The zero-order chi connectivity index (χ0) is 43.6. The number of carbonyl (C=O) groups excluding carboxylic acids is 2. The van der Waals surface area contributed by atoms with Crippen molar-refractivity contribution < 1.29 is 19.1 Å². The molecule has 0 bridgehead atoms. The number of rotatable bonds is 37. The first-order chi connectivity index (χ1) is 29.3. The summed E-state index contributed by atoms with van der Waals surface area (Å²) in [7, 11) is 0. The van der Waals surface area contributed by atoms with Gasteiger partial charge in [0.1, 0.15) is 11.4 Å². The van der Waals surface area contributed by atoms with E-state index in [1.807, 2.05) is 12.4 Å². The van der Waals surface area contributed by atoms with E-state index in [4.69, 9.17) is 9.47 Å². The Morgan fingerprint density at radius 3 is 1.00 bits per heavy atom. The van der Waals surface area contributed by atoms with E-state index >= 15 is 0 Å². The van der Waals surface area contributed by atoms with Crippen molar-refractivity contribution in [3.05, 3.63) is 59.7 Å². The lowest BCUT2D eigenvalue weighted by molar-refractivity contribution is -0.145. The van der Waals surface area contributed by atoms with Crippen molar-refractivity contribution in [3.63, 3.8) is 0 Å². The lowest BCUT2D eigenvalue weighted by atomic mass is 10.1. The summed E-state index contributed by atoms with van der Waals surface area (Å²) in [6.45, 7) is 19.3. The molecule has 0 saturated heterocycles. The molecule has 0 unspecified atom stereocenters. The van der Waals surface area contributed by atoms with Crippen LogP contribution in [0.5, 0.6) is 0 Å². The second-order valence-corrected chi connectivity index (χ2v) is 16.9. The van der Waals surface area contributed by atoms with Crippen LogP contribution >= 0.6 is 0 Å². The van der Waals surface area contributed by atoms with Crippen molar-refractivity contribution >= 4 is 35.7 Å². The van der Waals surface area contributed by atoms with Gasteiger partial charge in [-0.15, -0.1) is 0 Å². The third-order valence-corrected chi connectivity index (χ3v) is 12.5. The first kappa shape index (κ1) is 52.8. The van der Waals surface area contributed by atoms with E-state index in [1.54, 1.807) is 0 Å². The first-order valence-electron chi connectivity index (χ1n) is 24.6. The van der Waals surface area contributed by atoms with Gasteiger partial charge in [0.25, 0.3) is 0 Å². The number of quaternary nitrogens is 2. The van der Waals surface area contributed by atoms with E-state index in [9.17, 15) is 9.59 Å². The zero-order valence-corrected chi connectivity index (χ0v) is 39.4. The van der Waals surface area contributed by atoms with Gasteiger partial charge in [-0.25, -0.2) is 9.59 Å². The predicted octanol–water partition coefficient (Wildman–Crippen LogP) is 12.8. The average Bonchev–Trinajstić information content (AvgIpc) is 3.27. The minimum atomic E-state index is -0.113. The van der Waals surface area contributed by atoms with Crippen LogP contribution in [0, 0.1) is 0 Å². The van der Waals surface area contributed by atoms with Gasteiger partial charge in [0.15, 0.2) is 13.1 Å². The third-order valence-electron chi connectivity index (χ3n) is 12.5. The molecule has 0 heterocycles. The molecule has 0 amide bonds. The summed E-state index contributed by atoms with van der Waals surface area (Å²) in [6, 6.07) is 16.8. The minimum absolute atomic E-state index is 0.113. The van der Waals surface area contributed by atoms with Crippen LogP contribution in [-0.4, -0.2) is 89.9 Å². The van der Waals surface area contributed by atoms with E-state index < -0.39 is 0 Å². The van der Waals surface area contributed by atoms with Crippen molar-refractivity contribution in [1.82, 2.24) is 8.97 Å². The molecule has 0 aliphatic rings. The molecule has 338 valence electrons. The fraction of sp³-hybridized carbons (Fsp3) is 0.692. The van der Waals surface area contributed by atoms with E-state index in [0.29, 0.717) is 48.4 Å². The van der Waals surface area contributed by atoms with Crippen LogP contribution in [0.1, 0.15) is 181 Å². The quantitative estimate of drug-likeness (QED) is 0.0294. The fourth-order valence-corrected chi connectivity index (χ4v) is 8.15.